The Morgan fingerprint density at radius 1 is 0.889 bits per heavy atom. The number of hydrogen-bond acceptors (Lipinski definition) is 3. The fourth-order valence-corrected chi connectivity index (χ4v) is 7.71. The van der Waals surface area contributed by atoms with E-state index in [9.17, 15) is 12.8 Å². The summed E-state index contributed by atoms with van der Waals surface area (Å²) in [5.41, 5.74) is 3.05. The van der Waals surface area contributed by atoms with Gasteiger partial charge in [-0.3, -0.25) is 0 Å². The van der Waals surface area contributed by atoms with Crippen LogP contribution in [0.25, 0.3) is 0 Å². The van der Waals surface area contributed by atoms with Crippen LogP contribution in [0, 0.1) is 24.6 Å². The smallest absolute Gasteiger partial charge is 0.243 e. The van der Waals surface area contributed by atoms with Gasteiger partial charge in [0.2, 0.25) is 10.0 Å². The van der Waals surface area contributed by atoms with Crippen LogP contribution in [-0.4, -0.2) is 50.3 Å². The van der Waals surface area contributed by atoms with Crippen molar-refractivity contribution in [3.8, 4) is 0 Å². The van der Waals surface area contributed by atoms with E-state index in [2.05, 4.69) is 47.4 Å². The van der Waals surface area contributed by atoms with E-state index in [4.69, 9.17) is 0 Å². The lowest BCUT2D eigenvalue weighted by molar-refractivity contribution is 0.158. The molecule has 5 rings (SSSR count). The molecule has 0 bridgehead atoms. The van der Waals surface area contributed by atoms with Crippen molar-refractivity contribution in [3.63, 3.8) is 0 Å². The van der Waals surface area contributed by atoms with Crippen LogP contribution in [0.4, 0.5) is 4.39 Å². The highest BCUT2D eigenvalue weighted by Gasteiger charge is 2.41. The molecule has 0 unspecified atom stereocenters. The molecule has 0 radical (unpaired) electrons. The molecule has 2 aliphatic heterocycles. The topological polar surface area (TPSA) is 40.6 Å². The number of hydrogen-bond donors (Lipinski definition) is 0. The van der Waals surface area contributed by atoms with Gasteiger partial charge in [-0.2, -0.15) is 4.31 Å². The van der Waals surface area contributed by atoms with Gasteiger partial charge in [0, 0.05) is 25.6 Å². The fourth-order valence-electron chi connectivity index (χ4n) is 5.98. The minimum Gasteiger partial charge on any atom is -0.303 e. The Hall–Kier alpha value is -2.54. The Labute approximate surface area is 214 Å². The monoisotopic (exact) mass is 506 g/mol. The van der Waals surface area contributed by atoms with Crippen LogP contribution < -0.4 is 0 Å². The van der Waals surface area contributed by atoms with Gasteiger partial charge in [0.25, 0.3) is 0 Å². The van der Waals surface area contributed by atoms with Gasteiger partial charge < -0.3 is 4.90 Å². The maximum Gasteiger partial charge on any atom is 0.243 e. The van der Waals surface area contributed by atoms with Crippen molar-refractivity contribution < 1.29 is 12.8 Å². The van der Waals surface area contributed by atoms with Crippen molar-refractivity contribution in [3.05, 3.63) is 101 Å². The van der Waals surface area contributed by atoms with Crippen molar-refractivity contribution in [1.82, 2.24) is 9.21 Å². The molecule has 190 valence electrons. The zero-order chi connectivity index (χ0) is 25.1. The van der Waals surface area contributed by atoms with E-state index in [-0.39, 0.29) is 16.7 Å². The molecule has 0 aliphatic carbocycles. The molecule has 2 fully saturated rings. The highest BCUT2D eigenvalue weighted by atomic mass is 32.2. The van der Waals surface area contributed by atoms with E-state index in [0.717, 1.165) is 26.1 Å². The number of piperidine rings is 1. The first-order valence-corrected chi connectivity index (χ1v) is 14.4. The predicted molar refractivity (Wildman–Crippen MR) is 142 cm³/mol. The number of halogens is 1. The lowest BCUT2D eigenvalue weighted by Gasteiger charge is -2.34. The lowest BCUT2D eigenvalue weighted by Crippen LogP contribution is -2.39. The Balaban J connectivity index is 1.29. The molecule has 2 atom stereocenters. The molecular formula is C30H35FN2O2S. The number of nitrogens with zero attached hydrogens (tertiary/aromatic N) is 2. The number of sulfonamides is 1. The molecule has 0 aromatic heterocycles. The maximum absolute atomic E-state index is 13.7. The normalized spacial score (nSPS) is 22.2. The summed E-state index contributed by atoms with van der Waals surface area (Å²) in [6.07, 6.45) is 3.48. The molecule has 0 amide bonds. The molecule has 4 nitrogen and oxygen atoms in total. The Morgan fingerprint density at radius 2 is 1.56 bits per heavy atom. The van der Waals surface area contributed by atoms with Crippen LogP contribution in [-0.2, 0) is 16.4 Å². The average Bonchev–Trinajstić information content (AvgIpc) is 3.31. The number of aryl methyl sites for hydroxylation is 1. The Morgan fingerprint density at radius 3 is 2.22 bits per heavy atom. The number of rotatable bonds is 7. The molecule has 2 heterocycles. The summed E-state index contributed by atoms with van der Waals surface area (Å²) in [7, 11) is -3.70. The van der Waals surface area contributed by atoms with E-state index < -0.39 is 15.8 Å². The molecule has 2 saturated heterocycles. The second-order valence-electron chi connectivity index (χ2n) is 10.4. The summed E-state index contributed by atoms with van der Waals surface area (Å²) in [6, 6.07) is 25.0. The highest BCUT2D eigenvalue weighted by molar-refractivity contribution is 7.89. The van der Waals surface area contributed by atoms with E-state index >= 15 is 0 Å². The summed E-state index contributed by atoms with van der Waals surface area (Å²) in [4.78, 5) is 2.74. The van der Waals surface area contributed by atoms with Gasteiger partial charge in [0.05, 0.1) is 4.90 Å². The van der Waals surface area contributed by atoms with Crippen molar-refractivity contribution in [2.75, 3.05) is 32.7 Å². The van der Waals surface area contributed by atoms with Gasteiger partial charge in [-0.1, -0.05) is 60.7 Å². The van der Waals surface area contributed by atoms with Gasteiger partial charge >= 0.3 is 0 Å². The van der Waals surface area contributed by atoms with Crippen molar-refractivity contribution in [2.45, 2.75) is 37.0 Å². The number of likely N-dealkylation sites (tertiary alicyclic amines) is 1. The van der Waals surface area contributed by atoms with E-state index in [1.165, 1.54) is 42.2 Å². The van der Waals surface area contributed by atoms with E-state index in [1.807, 2.05) is 18.2 Å². The van der Waals surface area contributed by atoms with Crippen LogP contribution in [0.3, 0.4) is 0 Å². The van der Waals surface area contributed by atoms with Crippen LogP contribution in [0.5, 0.6) is 0 Å². The van der Waals surface area contributed by atoms with Crippen molar-refractivity contribution in [1.29, 1.82) is 0 Å². The summed E-state index contributed by atoms with van der Waals surface area (Å²) >= 11 is 0. The molecule has 2 aliphatic rings. The van der Waals surface area contributed by atoms with Gasteiger partial charge in [0.1, 0.15) is 5.82 Å². The molecule has 6 heteroatoms. The summed E-state index contributed by atoms with van der Waals surface area (Å²) in [5.74, 6) is 0.649. The third kappa shape index (κ3) is 5.56. The SMILES string of the molecule is Cc1cc(F)ccc1S(=O)(=O)N1C[C@@H](CN2CCC(Cc3ccccc3)CC2)[C@H](c2ccccc2)C1. The molecule has 36 heavy (non-hydrogen) atoms. The third-order valence-corrected chi connectivity index (χ3v) is 9.95. The standard InChI is InChI=1S/C30H35FN2O2S/c1-23-18-28(31)12-13-30(23)36(34,35)33-21-27(29(22-33)26-10-6-3-7-11-26)20-32-16-14-25(15-17-32)19-24-8-4-2-5-9-24/h2-13,18,25,27,29H,14-17,19-22H2,1H3/t27-,29+/m1/s1. The minimum atomic E-state index is -3.70. The summed E-state index contributed by atoms with van der Waals surface area (Å²) in [6.45, 7) is 5.61. The van der Waals surface area contributed by atoms with Crippen LogP contribution >= 0.6 is 0 Å². The first-order valence-electron chi connectivity index (χ1n) is 13.0. The van der Waals surface area contributed by atoms with Crippen LogP contribution in [0.15, 0.2) is 83.8 Å². The molecule has 0 N–H and O–H groups in total. The van der Waals surface area contributed by atoms with Crippen LogP contribution in [0.1, 0.15) is 35.4 Å². The van der Waals surface area contributed by atoms with Gasteiger partial charge in [0.15, 0.2) is 0 Å². The second-order valence-corrected chi connectivity index (χ2v) is 12.3. The molecule has 0 saturated carbocycles. The molecular weight excluding hydrogens is 471 g/mol. The fraction of sp³-hybridized carbons (Fsp3) is 0.400. The average molecular weight is 507 g/mol. The Bertz CT molecular complexity index is 1260. The molecule has 0 spiro atoms. The van der Waals surface area contributed by atoms with Crippen LogP contribution in [0.2, 0.25) is 0 Å². The number of benzene rings is 3. The summed E-state index contributed by atoms with van der Waals surface area (Å²) < 4.78 is 42.5. The van der Waals surface area contributed by atoms with Gasteiger partial charge in [-0.05, 0) is 86.0 Å². The summed E-state index contributed by atoms with van der Waals surface area (Å²) in [5, 5.41) is 0. The molecule has 3 aromatic rings. The van der Waals surface area contributed by atoms with Crippen molar-refractivity contribution >= 4 is 10.0 Å². The minimum absolute atomic E-state index is 0.142. The zero-order valence-electron chi connectivity index (χ0n) is 20.9. The van der Waals surface area contributed by atoms with Crippen molar-refractivity contribution in [2.24, 2.45) is 11.8 Å². The van der Waals surface area contributed by atoms with E-state index in [1.54, 1.807) is 11.2 Å². The predicted octanol–water partition coefficient (Wildman–Crippen LogP) is 5.49. The van der Waals surface area contributed by atoms with E-state index in [0.29, 0.717) is 24.6 Å². The maximum atomic E-state index is 13.7. The lowest BCUT2D eigenvalue weighted by atomic mass is 9.86. The first kappa shape index (κ1) is 25.1. The third-order valence-electron chi connectivity index (χ3n) is 7.96. The Kier molecular flexibility index (Phi) is 7.56. The zero-order valence-corrected chi connectivity index (χ0v) is 21.7. The first-order chi connectivity index (χ1) is 17.4. The quantitative estimate of drug-likeness (QED) is 0.425. The van der Waals surface area contributed by atoms with Gasteiger partial charge in [-0.25, -0.2) is 12.8 Å². The molecule has 3 aromatic carbocycles. The highest BCUT2D eigenvalue weighted by Crippen LogP contribution is 2.37. The largest absolute Gasteiger partial charge is 0.303 e. The van der Waals surface area contributed by atoms with Gasteiger partial charge in [-0.15, -0.1) is 0 Å². The second kappa shape index (κ2) is 10.8.